The maximum atomic E-state index is 12.2. The van der Waals surface area contributed by atoms with Gasteiger partial charge in [-0.1, -0.05) is 6.92 Å². The Morgan fingerprint density at radius 1 is 1.61 bits per heavy atom. The first kappa shape index (κ1) is 13.1. The van der Waals surface area contributed by atoms with Crippen LogP contribution in [-0.2, 0) is 11.3 Å². The van der Waals surface area contributed by atoms with Crippen molar-refractivity contribution in [3.8, 4) is 0 Å². The molecule has 5 heteroatoms. The highest BCUT2D eigenvalue weighted by atomic mass is 16.5. The third-order valence-electron chi connectivity index (χ3n) is 3.30. The molecule has 0 aromatic carbocycles. The number of rotatable bonds is 5. The summed E-state index contributed by atoms with van der Waals surface area (Å²) in [5, 5.41) is 6.25. The van der Waals surface area contributed by atoms with Gasteiger partial charge in [-0.3, -0.25) is 4.79 Å². The molecule has 0 saturated carbocycles. The van der Waals surface area contributed by atoms with Gasteiger partial charge in [0.25, 0.3) is 5.91 Å². The second kappa shape index (κ2) is 6.02. The summed E-state index contributed by atoms with van der Waals surface area (Å²) < 4.78 is 7.32. The largest absolute Gasteiger partial charge is 0.378 e. The number of nitrogens with one attached hydrogen (secondary N) is 2. The summed E-state index contributed by atoms with van der Waals surface area (Å²) in [5.41, 5.74) is 0.721. The molecule has 1 unspecified atom stereocenters. The van der Waals surface area contributed by atoms with Crippen LogP contribution in [-0.4, -0.2) is 42.8 Å². The van der Waals surface area contributed by atoms with E-state index >= 15 is 0 Å². The van der Waals surface area contributed by atoms with E-state index in [4.69, 9.17) is 4.74 Å². The molecular formula is C13H21N3O2. The Morgan fingerprint density at radius 3 is 3.17 bits per heavy atom. The zero-order valence-electron chi connectivity index (χ0n) is 11.0. The summed E-state index contributed by atoms with van der Waals surface area (Å²) in [6.07, 6.45) is 3.02. The van der Waals surface area contributed by atoms with Crippen molar-refractivity contribution < 1.29 is 9.53 Å². The van der Waals surface area contributed by atoms with Gasteiger partial charge in [0.05, 0.1) is 12.1 Å². The lowest BCUT2D eigenvalue weighted by atomic mass is 10.2. The van der Waals surface area contributed by atoms with Crippen LogP contribution in [0.1, 0.15) is 23.8 Å². The second-order valence-corrected chi connectivity index (χ2v) is 4.60. The second-order valence-electron chi connectivity index (χ2n) is 4.60. The highest BCUT2D eigenvalue weighted by Crippen LogP contribution is 2.08. The quantitative estimate of drug-likeness (QED) is 0.806. The first-order valence-electron chi connectivity index (χ1n) is 6.45. The molecule has 18 heavy (non-hydrogen) atoms. The monoisotopic (exact) mass is 251 g/mol. The molecule has 2 N–H and O–H groups in total. The molecule has 5 nitrogen and oxygen atoms in total. The maximum absolute atomic E-state index is 12.2. The van der Waals surface area contributed by atoms with Gasteiger partial charge in [0.15, 0.2) is 0 Å². The van der Waals surface area contributed by atoms with E-state index < -0.39 is 0 Å². The third kappa shape index (κ3) is 2.73. The minimum atomic E-state index is -0.0239. The Labute approximate surface area is 108 Å². The summed E-state index contributed by atoms with van der Waals surface area (Å²) in [7, 11) is 1.68. The summed E-state index contributed by atoms with van der Waals surface area (Å²) in [5.74, 6) is -0.0239. The van der Waals surface area contributed by atoms with E-state index in [1.807, 2.05) is 22.9 Å². The van der Waals surface area contributed by atoms with Gasteiger partial charge in [-0.15, -0.1) is 0 Å². The van der Waals surface area contributed by atoms with Gasteiger partial charge in [0.1, 0.15) is 5.69 Å². The molecule has 0 aliphatic carbocycles. The number of nitrogens with zero attached hydrogens (tertiary/aromatic N) is 1. The van der Waals surface area contributed by atoms with E-state index in [9.17, 15) is 4.79 Å². The van der Waals surface area contributed by atoms with Crippen LogP contribution >= 0.6 is 0 Å². The van der Waals surface area contributed by atoms with Crippen LogP contribution in [0.3, 0.4) is 0 Å². The average molecular weight is 251 g/mol. The SMILES string of the molecule is CCCn1cccc1C(=O)NC1CNC[C@@H]1OC. The predicted molar refractivity (Wildman–Crippen MR) is 69.6 cm³/mol. The molecule has 2 rings (SSSR count). The molecular weight excluding hydrogens is 230 g/mol. The fraction of sp³-hybridized carbons (Fsp3) is 0.615. The first-order chi connectivity index (χ1) is 8.76. The number of hydrogen-bond acceptors (Lipinski definition) is 3. The molecule has 1 aromatic rings. The first-order valence-corrected chi connectivity index (χ1v) is 6.45. The topological polar surface area (TPSA) is 55.3 Å². The minimum absolute atomic E-state index is 0.0239. The van der Waals surface area contributed by atoms with Crippen LogP contribution in [0.5, 0.6) is 0 Å². The van der Waals surface area contributed by atoms with Crippen LogP contribution in [0, 0.1) is 0 Å². The normalized spacial score (nSPS) is 23.2. The molecule has 100 valence electrons. The Kier molecular flexibility index (Phi) is 4.38. The number of hydrogen-bond donors (Lipinski definition) is 2. The van der Waals surface area contributed by atoms with Crippen molar-refractivity contribution in [2.24, 2.45) is 0 Å². The van der Waals surface area contributed by atoms with Gasteiger partial charge in [-0.05, 0) is 18.6 Å². The van der Waals surface area contributed by atoms with Crippen molar-refractivity contribution in [1.82, 2.24) is 15.2 Å². The Bertz CT molecular complexity index is 403. The standard InChI is InChI=1S/C13H21N3O2/c1-3-6-16-7-4-5-11(16)13(17)15-10-8-14-9-12(10)18-2/h4-5,7,10,12,14H,3,6,8-9H2,1-2H3,(H,15,17)/t10?,12-/m0/s1. The van der Waals surface area contributed by atoms with E-state index in [1.165, 1.54) is 0 Å². The molecule has 0 spiro atoms. The Morgan fingerprint density at radius 2 is 2.44 bits per heavy atom. The van der Waals surface area contributed by atoms with E-state index in [-0.39, 0.29) is 18.1 Å². The number of carbonyl (C=O) groups is 1. The Balaban J connectivity index is 2.00. The molecule has 2 heterocycles. The van der Waals surface area contributed by atoms with Gasteiger partial charge in [-0.25, -0.2) is 0 Å². The lowest BCUT2D eigenvalue weighted by Gasteiger charge is -2.19. The smallest absolute Gasteiger partial charge is 0.268 e. The van der Waals surface area contributed by atoms with Crippen molar-refractivity contribution in [1.29, 1.82) is 0 Å². The molecule has 1 fully saturated rings. The number of methoxy groups -OCH3 is 1. The van der Waals surface area contributed by atoms with Crippen LogP contribution in [0.2, 0.25) is 0 Å². The lowest BCUT2D eigenvalue weighted by Crippen LogP contribution is -2.44. The van der Waals surface area contributed by atoms with Crippen LogP contribution in [0.25, 0.3) is 0 Å². The molecule has 0 radical (unpaired) electrons. The van der Waals surface area contributed by atoms with Gasteiger partial charge < -0.3 is 19.9 Å². The molecule has 1 saturated heterocycles. The minimum Gasteiger partial charge on any atom is -0.378 e. The zero-order chi connectivity index (χ0) is 13.0. The molecule has 1 amide bonds. The number of ether oxygens (including phenoxy) is 1. The number of aryl methyl sites for hydroxylation is 1. The zero-order valence-corrected chi connectivity index (χ0v) is 11.0. The number of amides is 1. The van der Waals surface area contributed by atoms with E-state index in [1.54, 1.807) is 7.11 Å². The van der Waals surface area contributed by atoms with Crippen LogP contribution in [0.4, 0.5) is 0 Å². The van der Waals surface area contributed by atoms with Crippen molar-refractivity contribution in [2.45, 2.75) is 32.0 Å². The maximum Gasteiger partial charge on any atom is 0.268 e. The highest BCUT2D eigenvalue weighted by molar-refractivity contribution is 5.93. The molecule has 1 aromatic heterocycles. The summed E-state index contributed by atoms with van der Waals surface area (Å²) in [6.45, 7) is 4.52. The number of carbonyl (C=O) groups excluding carboxylic acids is 1. The summed E-state index contributed by atoms with van der Waals surface area (Å²) in [6, 6.07) is 3.81. The van der Waals surface area contributed by atoms with Crippen molar-refractivity contribution >= 4 is 5.91 Å². The van der Waals surface area contributed by atoms with E-state index in [0.29, 0.717) is 0 Å². The van der Waals surface area contributed by atoms with Gasteiger partial charge in [0.2, 0.25) is 0 Å². The third-order valence-corrected chi connectivity index (χ3v) is 3.30. The van der Waals surface area contributed by atoms with Crippen molar-refractivity contribution in [2.75, 3.05) is 20.2 Å². The van der Waals surface area contributed by atoms with Crippen molar-refractivity contribution in [3.63, 3.8) is 0 Å². The van der Waals surface area contributed by atoms with Gasteiger partial charge >= 0.3 is 0 Å². The average Bonchev–Trinajstić information content (AvgIpc) is 2.98. The molecule has 0 bridgehead atoms. The van der Waals surface area contributed by atoms with Crippen molar-refractivity contribution in [3.05, 3.63) is 24.0 Å². The van der Waals surface area contributed by atoms with Crippen LogP contribution in [0.15, 0.2) is 18.3 Å². The Hall–Kier alpha value is -1.33. The number of aromatic nitrogens is 1. The molecule has 1 aliphatic rings. The summed E-state index contributed by atoms with van der Waals surface area (Å²) in [4.78, 5) is 12.2. The van der Waals surface area contributed by atoms with Crippen LogP contribution < -0.4 is 10.6 Å². The summed E-state index contributed by atoms with van der Waals surface area (Å²) >= 11 is 0. The van der Waals surface area contributed by atoms with E-state index in [2.05, 4.69) is 17.6 Å². The molecule has 2 atom stereocenters. The van der Waals surface area contributed by atoms with Gasteiger partial charge in [-0.2, -0.15) is 0 Å². The van der Waals surface area contributed by atoms with Gasteiger partial charge in [0, 0.05) is 32.9 Å². The highest BCUT2D eigenvalue weighted by Gasteiger charge is 2.28. The van der Waals surface area contributed by atoms with E-state index in [0.717, 1.165) is 31.7 Å². The lowest BCUT2D eigenvalue weighted by molar-refractivity contribution is 0.0773. The molecule has 1 aliphatic heterocycles. The fourth-order valence-electron chi connectivity index (χ4n) is 2.34. The fourth-order valence-corrected chi connectivity index (χ4v) is 2.34. The predicted octanol–water partition coefficient (Wildman–Crippen LogP) is 0.615.